The van der Waals surface area contributed by atoms with Crippen LogP contribution >= 0.6 is 0 Å². The fourth-order valence-electron chi connectivity index (χ4n) is 6.19. The standard InChI is InChI=1S/C33H42N6O5/c1-20-28-26(12-9-17-38(28)32(43)39(30(20)41)23-15-13-22(14-16-23)37(5)6)35-29(40)27(36-31(42)44-33(2,3)4)18-21-19-34-25-11-8-7-10-24(21)25/h7-8,10-11,13-16,19-20,26-28,34H,9,12,17-18H2,1-6H3,(H,35,40)(H,36,42)/t20-,26-,27+,28+/m1/s1. The van der Waals surface area contributed by atoms with Crippen molar-refractivity contribution in [2.75, 3.05) is 30.4 Å². The number of hydrogen-bond acceptors (Lipinski definition) is 6. The van der Waals surface area contributed by atoms with Gasteiger partial charge in [-0.25, -0.2) is 14.5 Å². The number of aromatic amines is 1. The van der Waals surface area contributed by atoms with Crippen LogP contribution in [0.4, 0.5) is 21.0 Å². The van der Waals surface area contributed by atoms with Crippen LogP contribution in [0.2, 0.25) is 0 Å². The molecule has 0 saturated carbocycles. The number of rotatable bonds is 7. The summed E-state index contributed by atoms with van der Waals surface area (Å²) in [6.07, 6.45) is 2.62. The van der Waals surface area contributed by atoms with Crippen molar-refractivity contribution < 1.29 is 23.9 Å². The number of piperidine rings is 1. The van der Waals surface area contributed by atoms with Crippen LogP contribution in [-0.2, 0) is 20.7 Å². The molecule has 3 N–H and O–H groups in total. The molecule has 3 heterocycles. The second-order valence-electron chi connectivity index (χ2n) is 12.9. The summed E-state index contributed by atoms with van der Waals surface area (Å²) in [6, 6.07) is 12.7. The summed E-state index contributed by atoms with van der Waals surface area (Å²) in [6.45, 7) is 7.57. The number of ether oxygens (including phenoxy) is 1. The zero-order chi connectivity index (χ0) is 31.8. The van der Waals surface area contributed by atoms with Crippen LogP contribution in [-0.4, -0.2) is 78.2 Å². The van der Waals surface area contributed by atoms with Gasteiger partial charge in [0, 0.05) is 49.8 Å². The van der Waals surface area contributed by atoms with Crippen LogP contribution in [0.3, 0.4) is 0 Å². The Hall–Kier alpha value is -4.54. The molecule has 4 atom stereocenters. The lowest BCUT2D eigenvalue weighted by atomic mass is 9.84. The molecule has 2 saturated heterocycles. The quantitative estimate of drug-likeness (QED) is 0.368. The Balaban J connectivity index is 1.36. The number of carbonyl (C=O) groups is 4. The Morgan fingerprint density at radius 2 is 1.80 bits per heavy atom. The maximum Gasteiger partial charge on any atom is 0.408 e. The van der Waals surface area contributed by atoms with Gasteiger partial charge in [0.25, 0.3) is 0 Å². The monoisotopic (exact) mass is 602 g/mol. The van der Waals surface area contributed by atoms with E-state index in [-0.39, 0.29) is 12.3 Å². The molecule has 0 unspecified atom stereocenters. The summed E-state index contributed by atoms with van der Waals surface area (Å²) in [5.41, 5.74) is 2.53. The molecule has 44 heavy (non-hydrogen) atoms. The van der Waals surface area contributed by atoms with E-state index in [1.165, 1.54) is 4.90 Å². The number of para-hydroxylation sites is 1. The first-order valence-electron chi connectivity index (χ1n) is 15.1. The molecule has 11 nitrogen and oxygen atoms in total. The van der Waals surface area contributed by atoms with Crippen LogP contribution in [0.25, 0.3) is 10.9 Å². The molecular formula is C33H42N6O5. The number of imide groups is 1. The van der Waals surface area contributed by atoms with Crippen molar-refractivity contribution in [2.45, 2.75) is 70.7 Å². The third-order valence-electron chi connectivity index (χ3n) is 8.30. The molecule has 0 spiro atoms. The van der Waals surface area contributed by atoms with Crippen LogP contribution in [0.15, 0.2) is 54.7 Å². The van der Waals surface area contributed by atoms with Gasteiger partial charge in [-0.2, -0.15) is 0 Å². The number of nitrogens with zero attached hydrogens (tertiary/aromatic N) is 3. The Labute approximate surface area is 257 Å². The summed E-state index contributed by atoms with van der Waals surface area (Å²) in [5.74, 6) is -1.27. The largest absolute Gasteiger partial charge is 0.444 e. The van der Waals surface area contributed by atoms with Crippen LogP contribution in [0.5, 0.6) is 0 Å². The third kappa shape index (κ3) is 6.36. The summed E-state index contributed by atoms with van der Waals surface area (Å²) >= 11 is 0. The topological polar surface area (TPSA) is 127 Å². The van der Waals surface area contributed by atoms with Crippen LogP contribution < -0.4 is 20.4 Å². The van der Waals surface area contributed by atoms with E-state index in [1.54, 1.807) is 44.7 Å². The molecule has 2 aromatic carbocycles. The normalized spacial score (nSPS) is 21.1. The molecule has 2 fully saturated rings. The molecule has 3 aromatic rings. The zero-order valence-electron chi connectivity index (χ0n) is 26.2. The van der Waals surface area contributed by atoms with Gasteiger partial charge in [0.1, 0.15) is 11.6 Å². The number of anilines is 2. The predicted octanol–water partition coefficient (Wildman–Crippen LogP) is 4.42. The van der Waals surface area contributed by atoms with Crippen molar-refractivity contribution in [2.24, 2.45) is 5.92 Å². The highest BCUT2D eigenvalue weighted by Gasteiger charge is 2.50. The summed E-state index contributed by atoms with van der Waals surface area (Å²) in [7, 11) is 3.85. The first-order valence-corrected chi connectivity index (χ1v) is 15.1. The van der Waals surface area contributed by atoms with E-state index < -0.39 is 47.7 Å². The highest BCUT2D eigenvalue weighted by atomic mass is 16.6. The minimum atomic E-state index is -0.948. The van der Waals surface area contributed by atoms with Crippen molar-refractivity contribution >= 4 is 46.2 Å². The number of hydrogen-bond donors (Lipinski definition) is 3. The number of alkyl carbamates (subject to hydrolysis) is 1. The van der Waals surface area contributed by atoms with Gasteiger partial charge in [0.05, 0.1) is 23.7 Å². The molecule has 1 aromatic heterocycles. The van der Waals surface area contributed by atoms with E-state index in [4.69, 9.17) is 4.74 Å². The Morgan fingerprint density at radius 1 is 1.09 bits per heavy atom. The number of carbonyl (C=O) groups excluding carboxylic acids is 4. The van der Waals surface area contributed by atoms with Gasteiger partial charge in [-0.15, -0.1) is 0 Å². The molecule has 2 aliphatic heterocycles. The zero-order valence-corrected chi connectivity index (χ0v) is 26.2. The van der Waals surface area contributed by atoms with Gasteiger partial charge in [-0.1, -0.05) is 25.1 Å². The molecule has 5 amide bonds. The van der Waals surface area contributed by atoms with Gasteiger partial charge in [-0.05, 0) is 69.5 Å². The minimum Gasteiger partial charge on any atom is -0.444 e. The fourth-order valence-corrected chi connectivity index (χ4v) is 6.19. The highest BCUT2D eigenvalue weighted by Crippen LogP contribution is 2.34. The summed E-state index contributed by atoms with van der Waals surface area (Å²) in [4.78, 5) is 62.3. The fraction of sp³-hybridized carbons (Fsp3) is 0.455. The molecular weight excluding hydrogens is 560 g/mol. The van der Waals surface area contributed by atoms with E-state index in [1.807, 2.05) is 61.6 Å². The van der Waals surface area contributed by atoms with Gasteiger partial charge < -0.3 is 30.2 Å². The summed E-state index contributed by atoms with van der Waals surface area (Å²) in [5, 5.41) is 6.82. The second-order valence-corrected chi connectivity index (χ2v) is 12.9. The van der Waals surface area contributed by atoms with Crippen molar-refractivity contribution in [3.8, 4) is 0 Å². The average molecular weight is 603 g/mol. The molecule has 0 aliphatic carbocycles. The lowest BCUT2D eigenvalue weighted by Gasteiger charge is -2.49. The van der Waals surface area contributed by atoms with Crippen molar-refractivity contribution in [3.63, 3.8) is 0 Å². The lowest BCUT2D eigenvalue weighted by molar-refractivity contribution is -0.129. The molecule has 0 bridgehead atoms. The Kier molecular flexibility index (Phi) is 8.58. The number of urea groups is 1. The van der Waals surface area contributed by atoms with Crippen molar-refractivity contribution in [3.05, 3.63) is 60.3 Å². The number of H-pyrrole nitrogens is 1. The van der Waals surface area contributed by atoms with E-state index in [9.17, 15) is 19.2 Å². The molecule has 2 aliphatic rings. The van der Waals surface area contributed by atoms with Crippen LogP contribution in [0.1, 0.15) is 46.1 Å². The summed E-state index contributed by atoms with van der Waals surface area (Å²) < 4.78 is 5.48. The number of aromatic nitrogens is 1. The second kappa shape index (κ2) is 12.2. The Morgan fingerprint density at radius 3 is 2.48 bits per heavy atom. The van der Waals surface area contributed by atoms with Crippen molar-refractivity contribution in [1.82, 2.24) is 20.5 Å². The first kappa shape index (κ1) is 30.9. The number of benzene rings is 2. The van der Waals surface area contributed by atoms with E-state index in [0.29, 0.717) is 25.1 Å². The van der Waals surface area contributed by atoms with E-state index in [2.05, 4.69) is 15.6 Å². The molecule has 5 rings (SSSR count). The van der Waals surface area contributed by atoms with E-state index in [0.717, 1.165) is 22.2 Å². The van der Waals surface area contributed by atoms with E-state index >= 15 is 0 Å². The van der Waals surface area contributed by atoms with Gasteiger partial charge >= 0.3 is 12.1 Å². The number of fused-ring (bicyclic) bond motifs is 2. The average Bonchev–Trinajstić information content (AvgIpc) is 3.37. The van der Waals surface area contributed by atoms with Crippen LogP contribution in [0, 0.1) is 5.92 Å². The highest BCUT2D eigenvalue weighted by molar-refractivity contribution is 6.17. The minimum absolute atomic E-state index is 0.223. The van der Waals surface area contributed by atoms with Gasteiger partial charge in [-0.3, -0.25) is 9.59 Å². The SMILES string of the molecule is C[C@H]1C(=O)N(c2ccc(N(C)C)cc2)C(=O)N2CCC[C@@H](NC(=O)[C@H](Cc3c[nH]c4ccccc34)NC(=O)OC(C)(C)C)[C@H]12. The van der Waals surface area contributed by atoms with Gasteiger partial charge in [0.2, 0.25) is 11.8 Å². The molecule has 11 heteroatoms. The predicted molar refractivity (Wildman–Crippen MR) is 170 cm³/mol. The molecule has 234 valence electrons. The lowest BCUT2D eigenvalue weighted by Crippen LogP contribution is -2.69. The maximum absolute atomic E-state index is 13.9. The third-order valence-corrected chi connectivity index (χ3v) is 8.30. The van der Waals surface area contributed by atoms with Crippen molar-refractivity contribution in [1.29, 1.82) is 0 Å². The first-order chi connectivity index (χ1) is 20.8. The smallest absolute Gasteiger partial charge is 0.408 e. The Bertz CT molecular complexity index is 1540. The number of nitrogens with one attached hydrogen (secondary N) is 3. The maximum atomic E-state index is 13.9. The molecule has 0 radical (unpaired) electrons. The van der Waals surface area contributed by atoms with Gasteiger partial charge in [0.15, 0.2) is 0 Å². The number of amides is 5.